The molecule has 0 bridgehead atoms. The number of rotatable bonds is 3. The zero-order chi connectivity index (χ0) is 9.97. The highest BCUT2D eigenvalue weighted by Gasteiger charge is 2.12. The molecule has 0 radical (unpaired) electrons. The maximum Gasteiger partial charge on any atom is 0.0469 e. The first-order valence-corrected chi connectivity index (χ1v) is 5.97. The third-order valence-corrected chi connectivity index (χ3v) is 3.68. The van der Waals surface area contributed by atoms with E-state index >= 15 is 0 Å². The van der Waals surface area contributed by atoms with Gasteiger partial charge in [-0.3, -0.25) is 0 Å². The first-order chi connectivity index (χ1) is 6.86. The summed E-state index contributed by atoms with van der Waals surface area (Å²) in [5.74, 6) is 0.608. The monoisotopic (exact) mass is 225 g/mol. The average Bonchev–Trinajstić information content (AvgIpc) is 2.65. The van der Waals surface area contributed by atoms with Crippen LogP contribution in [0.25, 0.3) is 10.1 Å². The van der Waals surface area contributed by atoms with Crippen LogP contribution >= 0.6 is 22.9 Å². The van der Waals surface area contributed by atoms with Crippen molar-refractivity contribution in [1.29, 1.82) is 0 Å². The Kier molecular flexibility index (Phi) is 3.06. The molecule has 1 N–H and O–H groups in total. The maximum atomic E-state index is 5.90. The molecule has 74 valence electrons. The lowest BCUT2D eigenvalue weighted by Crippen LogP contribution is -2.17. The number of hydrogen-bond donors (Lipinski definition) is 1. The summed E-state index contributed by atoms with van der Waals surface area (Å²) in [6, 6.07) is 8.69. The zero-order valence-corrected chi connectivity index (χ0v) is 9.53. The second kappa shape index (κ2) is 4.30. The Labute approximate surface area is 92.7 Å². The van der Waals surface area contributed by atoms with Crippen LogP contribution in [0, 0.1) is 0 Å². The molecule has 1 nitrogen and oxygen atoms in total. The normalized spacial score (nSPS) is 13.3. The van der Waals surface area contributed by atoms with Crippen molar-refractivity contribution in [2.24, 2.45) is 0 Å². The van der Waals surface area contributed by atoms with Gasteiger partial charge in [0.15, 0.2) is 0 Å². The number of hydrogen-bond acceptors (Lipinski definition) is 2. The van der Waals surface area contributed by atoms with E-state index in [-0.39, 0.29) is 6.04 Å². The van der Waals surface area contributed by atoms with E-state index in [0.717, 1.165) is 0 Å². The second-order valence-electron chi connectivity index (χ2n) is 3.18. The topological polar surface area (TPSA) is 12.0 Å². The van der Waals surface area contributed by atoms with Gasteiger partial charge < -0.3 is 5.32 Å². The SMILES string of the molecule is CNC(CCl)c1csc2ccccc12. The predicted molar refractivity (Wildman–Crippen MR) is 64.3 cm³/mol. The first kappa shape index (κ1) is 9.97. The fourth-order valence-electron chi connectivity index (χ4n) is 1.58. The summed E-state index contributed by atoms with van der Waals surface area (Å²) in [7, 11) is 1.94. The number of halogens is 1. The van der Waals surface area contributed by atoms with Crippen molar-refractivity contribution in [2.75, 3.05) is 12.9 Å². The fraction of sp³-hybridized carbons (Fsp3) is 0.273. The van der Waals surface area contributed by atoms with Gasteiger partial charge in [-0.25, -0.2) is 0 Å². The molecule has 3 heteroatoms. The van der Waals surface area contributed by atoms with Gasteiger partial charge in [0.2, 0.25) is 0 Å². The average molecular weight is 226 g/mol. The number of thiophene rings is 1. The molecule has 0 spiro atoms. The van der Waals surface area contributed by atoms with E-state index in [4.69, 9.17) is 11.6 Å². The molecule has 0 aliphatic heterocycles. The van der Waals surface area contributed by atoms with E-state index in [1.165, 1.54) is 15.6 Å². The molecular weight excluding hydrogens is 214 g/mol. The molecule has 0 saturated carbocycles. The number of nitrogens with one attached hydrogen (secondary N) is 1. The lowest BCUT2D eigenvalue weighted by molar-refractivity contribution is 0.665. The van der Waals surface area contributed by atoms with Gasteiger partial charge in [-0.2, -0.15) is 0 Å². The predicted octanol–water partition coefficient (Wildman–Crippen LogP) is 3.40. The Morgan fingerprint density at radius 1 is 1.43 bits per heavy atom. The van der Waals surface area contributed by atoms with Crippen LogP contribution in [0.15, 0.2) is 29.6 Å². The van der Waals surface area contributed by atoms with E-state index in [1.807, 2.05) is 7.05 Å². The van der Waals surface area contributed by atoms with E-state index in [9.17, 15) is 0 Å². The van der Waals surface area contributed by atoms with Crippen molar-refractivity contribution in [1.82, 2.24) is 5.32 Å². The van der Waals surface area contributed by atoms with Crippen LogP contribution in [0.3, 0.4) is 0 Å². The highest BCUT2D eigenvalue weighted by molar-refractivity contribution is 7.17. The molecule has 0 saturated heterocycles. The summed E-state index contributed by atoms with van der Waals surface area (Å²) in [5, 5.41) is 6.73. The largest absolute Gasteiger partial charge is 0.312 e. The third-order valence-electron chi connectivity index (χ3n) is 2.39. The maximum absolute atomic E-state index is 5.90. The summed E-state index contributed by atoms with van der Waals surface area (Å²) >= 11 is 7.68. The molecule has 0 fully saturated rings. The van der Waals surface area contributed by atoms with Gasteiger partial charge in [-0.1, -0.05) is 18.2 Å². The standard InChI is InChI=1S/C11H12ClNS/c1-13-10(6-12)9-7-14-11-5-3-2-4-8(9)11/h2-5,7,10,13H,6H2,1H3. The summed E-state index contributed by atoms with van der Waals surface area (Å²) in [6.07, 6.45) is 0. The summed E-state index contributed by atoms with van der Waals surface area (Å²) in [5.41, 5.74) is 1.31. The first-order valence-electron chi connectivity index (χ1n) is 4.56. The van der Waals surface area contributed by atoms with E-state index < -0.39 is 0 Å². The fourth-order valence-corrected chi connectivity index (χ4v) is 2.92. The number of fused-ring (bicyclic) bond motifs is 1. The quantitative estimate of drug-likeness (QED) is 0.790. The minimum absolute atomic E-state index is 0.257. The highest BCUT2D eigenvalue weighted by atomic mass is 35.5. The van der Waals surface area contributed by atoms with Gasteiger partial charge in [0.05, 0.1) is 0 Å². The molecular formula is C11H12ClNS. The molecule has 0 aliphatic carbocycles. The highest BCUT2D eigenvalue weighted by Crippen LogP contribution is 2.30. The van der Waals surface area contributed by atoms with Crippen molar-refractivity contribution in [2.45, 2.75) is 6.04 Å². The molecule has 1 aromatic carbocycles. The smallest absolute Gasteiger partial charge is 0.0469 e. The molecule has 1 atom stereocenters. The summed E-state index contributed by atoms with van der Waals surface area (Å²) < 4.78 is 1.33. The molecule has 1 unspecified atom stereocenters. The van der Waals surface area contributed by atoms with E-state index in [1.54, 1.807) is 11.3 Å². The van der Waals surface area contributed by atoms with E-state index in [0.29, 0.717) is 5.88 Å². The second-order valence-corrected chi connectivity index (χ2v) is 4.40. The molecule has 1 aromatic heterocycles. The molecule has 1 heterocycles. The Bertz CT molecular complexity index is 420. The van der Waals surface area contributed by atoms with Crippen molar-refractivity contribution in [3.63, 3.8) is 0 Å². The number of benzene rings is 1. The van der Waals surface area contributed by atoms with Crippen LogP contribution in [0.5, 0.6) is 0 Å². The summed E-state index contributed by atoms with van der Waals surface area (Å²) in [4.78, 5) is 0. The van der Waals surface area contributed by atoms with Crippen molar-refractivity contribution in [3.8, 4) is 0 Å². The Hall–Kier alpha value is -0.570. The van der Waals surface area contributed by atoms with E-state index in [2.05, 4.69) is 35.0 Å². The lowest BCUT2D eigenvalue weighted by Gasteiger charge is -2.11. The zero-order valence-electron chi connectivity index (χ0n) is 7.96. The molecule has 14 heavy (non-hydrogen) atoms. The van der Waals surface area contributed by atoms with Crippen LogP contribution in [-0.4, -0.2) is 12.9 Å². The van der Waals surface area contributed by atoms with Crippen LogP contribution in [-0.2, 0) is 0 Å². The Morgan fingerprint density at radius 2 is 2.21 bits per heavy atom. The summed E-state index contributed by atoms with van der Waals surface area (Å²) in [6.45, 7) is 0. The Morgan fingerprint density at radius 3 is 2.93 bits per heavy atom. The Balaban J connectivity index is 2.51. The minimum atomic E-state index is 0.257. The van der Waals surface area contributed by atoms with Crippen molar-refractivity contribution >= 4 is 33.0 Å². The van der Waals surface area contributed by atoms with Gasteiger partial charge in [0, 0.05) is 16.6 Å². The van der Waals surface area contributed by atoms with Crippen molar-refractivity contribution in [3.05, 3.63) is 35.2 Å². The minimum Gasteiger partial charge on any atom is -0.312 e. The lowest BCUT2D eigenvalue weighted by atomic mass is 10.1. The molecule has 0 amide bonds. The van der Waals surface area contributed by atoms with Crippen molar-refractivity contribution < 1.29 is 0 Å². The molecule has 2 aromatic rings. The molecule has 2 rings (SSSR count). The third kappa shape index (κ3) is 1.65. The van der Waals surface area contributed by atoms with Crippen LogP contribution in [0.2, 0.25) is 0 Å². The van der Waals surface area contributed by atoms with Gasteiger partial charge in [0.25, 0.3) is 0 Å². The van der Waals surface area contributed by atoms with Crippen LogP contribution in [0.1, 0.15) is 11.6 Å². The van der Waals surface area contributed by atoms with Gasteiger partial charge in [0.1, 0.15) is 0 Å². The van der Waals surface area contributed by atoms with Gasteiger partial charge in [-0.15, -0.1) is 22.9 Å². The van der Waals surface area contributed by atoms with Crippen LogP contribution < -0.4 is 5.32 Å². The van der Waals surface area contributed by atoms with Gasteiger partial charge in [-0.05, 0) is 29.4 Å². The van der Waals surface area contributed by atoms with Crippen LogP contribution in [0.4, 0.5) is 0 Å². The van der Waals surface area contributed by atoms with Gasteiger partial charge >= 0.3 is 0 Å². The number of alkyl halides is 1. The molecule has 0 aliphatic rings.